The Morgan fingerprint density at radius 1 is 1.42 bits per heavy atom. The first-order valence-corrected chi connectivity index (χ1v) is 5.68. The molecule has 0 saturated carbocycles. The zero-order chi connectivity index (χ0) is 14.2. The van der Waals surface area contributed by atoms with Gasteiger partial charge in [-0.2, -0.15) is 5.10 Å². The Labute approximate surface area is 109 Å². The van der Waals surface area contributed by atoms with Gasteiger partial charge in [-0.3, -0.25) is 4.79 Å². The molecule has 0 spiro atoms. The summed E-state index contributed by atoms with van der Waals surface area (Å²) in [5, 5.41) is 15.4. The van der Waals surface area contributed by atoms with Crippen molar-refractivity contribution < 1.29 is 14.7 Å². The van der Waals surface area contributed by atoms with E-state index in [1.165, 1.54) is 24.6 Å². The topological polar surface area (TPSA) is 96.6 Å². The largest absolute Gasteiger partial charge is 0.480 e. The maximum Gasteiger partial charge on any atom is 0.328 e. The minimum Gasteiger partial charge on any atom is -0.480 e. The van der Waals surface area contributed by atoms with Gasteiger partial charge in [-0.25, -0.2) is 14.3 Å². The van der Waals surface area contributed by atoms with Gasteiger partial charge in [-0.15, -0.1) is 0 Å². The SMILES string of the molecule is Cc1ccn2ncc(C(=O)NC(C)(C)C(=O)O)c2n1. The Hall–Kier alpha value is -2.44. The summed E-state index contributed by atoms with van der Waals surface area (Å²) in [6, 6.07) is 1.77. The molecule has 0 atom stereocenters. The number of fused-ring (bicyclic) bond motifs is 1. The van der Waals surface area contributed by atoms with E-state index in [4.69, 9.17) is 5.11 Å². The van der Waals surface area contributed by atoms with E-state index in [2.05, 4.69) is 15.4 Å². The molecule has 0 bridgehead atoms. The summed E-state index contributed by atoms with van der Waals surface area (Å²) in [7, 11) is 0. The average Bonchev–Trinajstić information content (AvgIpc) is 2.70. The van der Waals surface area contributed by atoms with E-state index in [1.807, 2.05) is 0 Å². The molecule has 100 valence electrons. The van der Waals surface area contributed by atoms with E-state index in [-0.39, 0.29) is 5.56 Å². The first-order valence-electron chi connectivity index (χ1n) is 5.68. The molecule has 2 aromatic rings. The number of carbonyl (C=O) groups excluding carboxylic acids is 1. The van der Waals surface area contributed by atoms with E-state index < -0.39 is 17.4 Å². The van der Waals surface area contributed by atoms with Crippen LogP contribution in [0.25, 0.3) is 5.65 Å². The van der Waals surface area contributed by atoms with Crippen molar-refractivity contribution in [2.75, 3.05) is 0 Å². The number of carboxylic acid groups (broad SMARTS) is 1. The van der Waals surface area contributed by atoms with Crippen molar-refractivity contribution >= 4 is 17.5 Å². The number of carbonyl (C=O) groups is 2. The van der Waals surface area contributed by atoms with Crippen LogP contribution in [0.5, 0.6) is 0 Å². The summed E-state index contributed by atoms with van der Waals surface area (Å²) >= 11 is 0. The molecule has 0 radical (unpaired) electrons. The molecule has 2 aromatic heterocycles. The summed E-state index contributed by atoms with van der Waals surface area (Å²) < 4.78 is 1.47. The number of aliphatic carboxylic acids is 1. The van der Waals surface area contributed by atoms with Crippen LogP contribution in [0.1, 0.15) is 29.9 Å². The van der Waals surface area contributed by atoms with Crippen LogP contribution in [0.2, 0.25) is 0 Å². The first kappa shape index (κ1) is 13.0. The minimum absolute atomic E-state index is 0.248. The summed E-state index contributed by atoms with van der Waals surface area (Å²) in [5.41, 5.74) is 0.0473. The molecule has 0 aliphatic carbocycles. The summed E-state index contributed by atoms with van der Waals surface area (Å²) in [6.07, 6.45) is 3.06. The third-order valence-electron chi connectivity index (χ3n) is 2.71. The summed E-state index contributed by atoms with van der Waals surface area (Å²) in [5.74, 6) is -1.62. The Morgan fingerprint density at radius 3 is 2.74 bits per heavy atom. The molecule has 2 heterocycles. The second-order valence-electron chi connectivity index (χ2n) is 4.78. The smallest absolute Gasteiger partial charge is 0.328 e. The Balaban J connectivity index is 2.37. The van der Waals surface area contributed by atoms with Gasteiger partial charge in [0, 0.05) is 11.9 Å². The van der Waals surface area contributed by atoms with Gasteiger partial charge in [0.1, 0.15) is 11.1 Å². The second kappa shape index (κ2) is 4.34. The number of carboxylic acids is 1. The van der Waals surface area contributed by atoms with Crippen LogP contribution < -0.4 is 5.32 Å². The van der Waals surface area contributed by atoms with Crippen LogP contribution in [-0.4, -0.2) is 37.1 Å². The van der Waals surface area contributed by atoms with Gasteiger partial charge in [0.25, 0.3) is 5.91 Å². The van der Waals surface area contributed by atoms with Crippen molar-refractivity contribution in [1.29, 1.82) is 0 Å². The molecule has 19 heavy (non-hydrogen) atoms. The summed E-state index contributed by atoms with van der Waals surface area (Å²) in [4.78, 5) is 27.3. The van der Waals surface area contributed by atoms with Crippen molar-refractivity contribution in [2.45, 2.75) is 26.3 Å². The van der Waals surface area contributed by atoms with Crippen molar-refractivity contribution in [3.63, 3.8) is 0 Å². The van der Waals surface area contributed by atoms with Crippen molar-refractivity contribution in [1.82, 2.24) is 19.9 Å². The fourth-order valence-corrected chi connectivity index (χ4v) is 1.52. The van der Waals surface area contributed by atoms with Gasteiger partial charge in [-0.05, 0) is 26.8 Å². The normalized spacial score (nSPS) is 11.5. The van der Waals surface area contributed by atoms with Gasteiger partial charge in [-0.1, -0.05) is 0 Å². The average molecular weight is 262 g/mol. The number of hydrogen-bond donors (Lipinski definition) is 2. The first-order chi connectivity index (χ1) is 8.81. The highest BCUT2D eigenvalue weighted by Gasteiger charge is 2.30. The van der Waals surface area contributed by atoms with Crippen LogP contribution in [-0.2, 0) is 4.79 Å². The minimum atomic E-state index is -1.35. The Bertz CT molecular complexity index is 660. The molecule has 0 aromatic carbocycles. The van der Waals surface area contributed by atoms with Gasteiger partial charge >= 0.3 is 5.97 Å². The number of nitrogens with zero attached hydrogens (tertiary/aromatic N) is 3. The molecule has 0 saturated heterocycles. The molecule has 2 N–H and O–H groups in total. The maximum absolute atomic E-state index is 12.1. The number of nitrogens with one attached hydrogen (secondary N) is 1. The Kier molecular flexibility index (Phi) is 2.97. The number of rotatable bonds is 3. The van der Waals surface area contributed by atoms with Crippen molar-refractivity contribution in [3.05, 3.63) is 29.7 Å². The van der Waals surface area contributed by atoms with E-state index in [0.717, 1.165) is 5.69 Å². The molecule has 0 fully saturated rings. The molecular weight excluding hydrogens is 248 g/mol. The van der Waals surface area contributed by atoms with Crippen molar-refractivity contribution in [2.24, 2.45) is 0 Å². The lowest BCUT2D eigenvalue weighted by Crippen LogP contribution is -2.49. The van der Waals surface area contributed by atoms with E-state index in [1.54, 1.807) is 19.2 Å². The van der Waals surface area contributed by atoms with Gasteiger partial charge in [0.15, 0.2) is 5.65 Å². The predicted molar refractivity (Wildman–Crippen MR) is 66.9 cm³/mol. The molecule has 0 aliphatic rings. The molecule has 7 nitrogen and oxygen atoms in total. The molecule has 2 rings (SSSR count). The molecule has 0 unspecified atom stereocenters. The van der Waals surface area contributed by atoms with E-state index in [0.29, 0.717) is 5.65 Å². The monoisotopic (exact) mass is 262 g/mol. The predicted octanol–water partition coefficient (Wildman–Crippen LogP) is 0.631. The highest BCUT2D eigenvalue weighted by Crippen LogP contribution is 2.11. The standard InChI is InChI=1S/C12H14N4O3/c1-7-4-5-16-9(14-7)8(6-13-16)10(17)15-12(2,3)11(18)19/h4-6H,1-3H3,(H,15,17)(H,18,19). The van der Waals surface area contributed by atoms with Crippen molar-refractivity contribution in [3.8, 4) is 0 Å². The zero-order valence-corrected chi connectivity index (χ0v) is 10.8. The van der Waals surface area contributed by atoms with Gasteiger partial charge in [0.2, 0.25) is 0 Å². The quantitative estimate of drug-likeness (QED) is 0.845. The molecule has 1 amide bonds. The lowest BCUT2D eigenvalue weighted by molar-refractivity contribution is -0.143. The van der Waals surface area contributed by atoms with Crippen LogP contribution in [0.4, 0.5) is 0 Å². The van der Waals surface area contributed by atoms with Crippen LogP contribution in [0, 0.1) is 6.92 Å². The highest BCUT2D eigenvalue weighted by atomic mass is 16.4. The number of aryl methyl sites for hydroxylation is 1. The van der Waals surface area contributed by atoms with Gasteiger partial charge < -0.3 is 10.4 Å². The van der Waals surface area contributed by atoms with E-state index in [9.17, 15) is 9.59 Å². The fourth-order valence-electron chi connectivity index (χ4n) is 1.52. The molecular formula is C12H14N4O3. The van der Waals surface area contributed by atoms with Crippen LogP contribution in [0.15, 0.2) is 18.5 Å². The number of amides is 1. The maximum atomic E-state index is 12.1. The zero-order valence-electron chi connectivity index (χ0n) is 10.8. The molecule has 0 aliphatic heterocycles. The lowest BCUT2D eigenvalue weighted by atomic mass is 10.1. The summed E-state index contributed by atoms with van der Waals surface area (Å²) in [6.45, 7) is 4.63. The number of aromatic nitrogens is 3. The third kappa shape index (κ3) is 2.40. The molecule has 7 heteroatoms. The Morgan fingerprint density at radius 2 is 2.11 bits per heavy atom. The number of hydrogen-bond acceptors (Lipinski definition) is 4. The van der Waals surface area contributed by atoms with Crippen LogP contribution in [0.3, 0.4) is 0 Å². The van der Waals surface area contributed by atoms with Crippen LogP contribution >= 0.6 is 0 Å². The highest BCUT2D eigenvalue weighted by molar-refractivity contribution is 6.02. The van der Waals surface area contributed by atoms with Gasteiger partial charge in [0.05, 0.1) is 6.20 Å². The van der Waals surface area contributed by atoms with E-state index >= 15 is 0 Å². The lowest BCUT2D eigenvalue weighted by Gasteiger charge is -2.20. The fraction of sp³-hybridized carbons (Fsp3) is 0.333. The third-order valence-corrected chi connectivity index (χ3v) is 2.71. The second-order valence-corrected chi connectivity index (χ2v) is 4.78.